The summed E-state index contributed by atoms with van der Waals surface area (Å²) in [5.74, 6) is -0.443. The molecule has 142 valence electrons. The molecule has 0 aliphatic rings. The molecule has 0 spiro atoms. The number of thiophene rings is 2. The highest BCUT2D eigenvalue weighted by molar-refractivity contribution is 8.00. The number of fused-ring (bicyclic) bond motifs is 1. The van der Waals surface area contributed by atoms with Crippen molar-refractivity contribution < 1.29 is 9.59 Å². The van der Waals surface area contributed by atoms with Crippen molar-refractivity contribution in [3.63, 3.8) is 0 Å². The lowest BCUT2D eigenvalue weighted by atomic mass is 10.2. The Morgan fingerprint density at radius 2 is 2.15 bits per heavy atom. The number of carbonyl (C=O) groups is 2. The molecule has 3 rings (SSSR count). The molecule has 0 saturated heterocycles. The molecule has 3 heterocycles. The van der Waals surface area contributed by atoms with E-state index in [4.69, 9.17) is 0 Å². The van der Waals surface area contributed by atoms with Crippen molar-refractivity contribution in [3.05, 3.63) is 33.2 Å². The number of rotatable bonds is 5. The predicted octanol–water partition coefficient (Wildman–Crippen LogP) is 3.14. The van der Waals surface area contributed by atoms with E-state index in [-0.39, 0.29) is 5.56 Å². The van der Waals surface area contributed by atoms with E-state index in [1.54, 1.807) is 22.8 Å². The van der Waals surface area contributed by atoms with Gasteiger partial charge in [0.1, 0.15) is 4.83 Å². The molecule has 0 aliphatic carbocycles. The first-order valence-electron chi connectivity index (χ1n) is 8.21. The Hall–Kier alpha value is -2.17. The van der Waals surface area contributed by atoms with Gasteiger partial charge in [0.2, 0.25) is 5.91 Å². The maximum Gasteiger partial charge on any atom is 0.321 e. The fraction of sp³-hybridized carbons (Fsp3) is 0.294. The molecule has 0 saturated carbocycles. The van der Waals surface area contributed by atoms with E-state index in [1.807, 2.05) is 29.8 Å². The summed E-state index contributed by atoms with van der Waals surface area (Å²) in [7, 11) is 1.44. The Morgan fingerprint density at radius 1 is 1.37 bits per heavy atom. The van der Waals surface area contributed by atoms with Gasteiger partial charge in [0.25, 0.3) is 5.56 Å². The molecule has 7 nitrogen and oxygen atoms in total. The zero-order valence-electron chi connectivity index (χ0n) is 14.9. The molecular formula is C17H18N4O3S3. The van der Waals surface area contributed by atoms with Crippen molar-refractivity contribution in [2.45, 2.75) is 30.8 Å². The van der Waals surface area contributed by atoms with E-state index in [0.29, 0.717) is 21.9 Å². The molecule has 0 fully saturated rings. The number of nitrogens with one attached hydrogen (secondary N) is 2. The first-order valence-corrected chi connectivity index (χ1v) is 10.8. The summed E-state index contributed by atoms with van der Waals surface area (Å²) in [6.07, 6.45) is 0. The van der Waals surface area contributed by atoms with Gasteiger partial charge in [-0.05, 0) is 25.3 Å². The molecule has 3 aromatic rings. The summed E-state index contributed by atoms with van der Waals surface area (Å²) < 4.78 is 1.57. The van der Waals surface area contributed by atoms with E-state index < -0.39 is 17.2 Å². The van der Waals surface area contributed by atoms with Gasteiger partial charge in [0, 0.05) is 29.4 Å². The summed E-state index contributed by atoms with van der Waals surface area (Å²) in [6, 6.07) is 3.37. The second-order valence-corrected chi connectivity index (χ2v) is 8.69. The average Bonchev–Trinajstić information content (AvgIpc) is 3.31. The van der Waals surface area contributed by atoms with Crippen molar-refractivity contribution in [1.82, 2.24) is 20.2 Å². The van der Waals surface area contributed by atoms with E-state index in [1.165, 1.54) is 18.4 Å². The minimum Gasteiger partial charge on any atom is -0.341 e. The zero-order valence-corrected chi connectivity index (χ0v) is 17.4. The summed E-state index contributed by atoms with van der Waals surface area (Å²) in [4.78, 5) is 42.8. The van der Waals surface area contributed by atoms with E-state index in [9.17, 15) is 14.4 Å². The van der Waals surface area contributed by atoms with E-state index >= 15 is 0 Å². The van der Waals surface area contributed by atoms with Crippen LogP contribution in [0.15, 0.2) is 32.8 Å². The van der Waals surface area contributed by atoms with E-state index in [0.717, 1.165) is 22.2 Å². The van der Waals surface area contributed by atoms with Crippen LogP contribution in [-0.2, 0) is 11.3 Å². The fourth-order valence-corrected chi connectivity index (χ4v) is 5.25. The number of amides is 3. The lowest BCUT2D eigenvalue weighted by Gasteiger charge is -2.14. The molecule has 0 bridgehead atoms. The summed E-state index contributed by atoms with van der Waals surface area (Å²) >= 11 is 4.15. The molecule has 3 amide bonds. The van der Waals surface area contributed by atoms with Crippen LogP contribution >= 0.6 is 34.4 Å². The summed E-state index contributed by atoms with van der Waals surface area (Å²) in [6.45, 7) is 3.98. The van der Waals surface area contributed by atoms with Crippen LogP contribution in [0.1, 0.15) is 13.8 Å². The van der Waals surface area contributed by atoms with Gasteiger partial charge < -0.3 is 5.32 Å². The predicted molar refractivity (Wildman–Crippen MR) is 111 cm³/mol. The molecule has 0 radical (unpaired) electrons. The molecule has 10 heteroatoms. The lowest BCUT2D eigenvalue weighted by molar-refractivity contribution is -0.119. The van der Waals surface area contributed by atoms with Crippen molar-refractivity contribution in [3.8, 4) is 10.4 Å². The van der Waals surface area contributed by atoms with Crippen LogP contribution in [0.3, 0.4) is 0 Å². The Labute approximate surface area is 167 Å². The van der Waals surface area contributed by atoms with Crippen LogP contribution < -0.4 is 16.2 Å². The van der Waals surface area contributed by atoms with Gasteiger partial charge in [0.05, 0.1) is 10.6 Å². The number of thioether (sulfide) groups is 1. The minimum atomic E-state index is -0.582. The van der Waals surface area contributed by atoms with Crippen molar-refractivity contribution >= 4 is 56.6 Å². The van der Waals surface area contributed by atoms with Gasteiger partial charge in [-0.1, -0.05) is 17.8 Å². The van der Waals surface area contributed by atoms with Gasteiger partial charge in [-0.25, -0.2) is 9.78 Å². The number of hydrogen-bond acceptors (Lipinski definition) is 7. The van der Waals surface area contributed by atoms with Gasteiger partial charge in [0.15, 0.2) is 5.16 Å². The maximum absolute atomic E-state index is 13.1. The SMILES string of the molecule is CCn1c(SC(C)C(=O)NC(=O)NC)nc2scc(-c3cccs3)c2c1=O. The molecule has 0 aliphatic heterocycles. The quantitative estimate of drug-likeness (QED) is 0.487. The lowest BCUT2D eigenvalue weighted by Crippen LogP contribution is -2.41. The highest BCUT2D eigenvalue weighted by atomic mass is 32.2. The van der Waals surface area contributed by atoms with Crippen LogP contribution in [0.4, 0.5) is 4.79 Å². The van der Waals surface area contributed by atoms with Crippen LogP contribution in [0, 0.1) is 0 Å². The zero-order chi connectivity index (χ0) is 19.6. The summed E-state index contributed by atoms with van der Waals surface area (Å²) in [5, 5.41) is 8.99. The topological polar surface area (TPSA) is 93.1 Å². The second kappa shape index (κ2) is 8.24. The smallest absolute Gasteiger partial charge is 0.321 e. The number of urea groups is 1. The third kappa shape index (κ3) is 3.92. The van der Waals surface area contributed by atoms with Crippen LogP contribution in [-0.4, -0.2) is 33.8 Å². The fourth-order valence-electron chi connectivity index (χ4n) is 2.48. The van der Waals surface area contributed by atoms with Crippen LogP contribution in [0.25, 0.3) is 20.7 Å². The van der Waals surface area contributed by atoms with Crippen LogP contribution in [0.2, 0.25) is 0 Å². The number of carbonyl (C=O) groups excluding carboxylic acids is 2. The van der Waals surface area contributed by atoms with Gasteiger partial charge >= 0.3 is 6.03 Å². The Kier molecular flexibility index (Phi) is 5.98. The largest absolute Gasteiger partial charge is 0.341 e. The summed E-state index contributed by atoms with van der Waals surface area (Å²) in [5.41, 5.74) is 0.778. The Bertz CT molecular complexity index is 1040. The first kappa shape index (κ1) is 19.6. The van der Waals surface area contributed by atoms with Crippen molar-refractivity contribution in [2.24, 2.45) is 0 Å². The highest BCUT2D eigenvalue weighted by Crippen LogP contribution is 2.35. The molecule has 27 heavy (non-hydrogen) atoms. The molecule has 0 aromatic carbocycles. The molecule has 3 aromatic heterocycles. The van der Waals surface area contributed by atoms with E-state index in [2.05, 4.69) is 15.6 Å². The van der Waals surface area contributed by atoms with Gasteiger partial charge in [-0.3, -0.25) is 19.5 Å². The highest BCUT2D eigenvalue weighted by Gasteiger charge is 2.22. The third-order valence-electron chi connectivity index (χ3n) is 3.88. The number of imide groups is 1. The molecule has 1 unspecified atom stereocenters. The van der Waals surface area contributed by atoms with Gasteiger partial charge in [-0.15, -0.1) is 22.7 Å². The molecule has 2 N–H and O–H groups in total. The monoisotopic (exact) mass is 422 g/mol. The minimum absolute atomic E-state index is 0.117. The normalized spacial score (nSPS) is 12.1. The maximum atomic E-state index is 13.1. The molecular weight excluding hydrogens is 404 g/mol. The van der Waals surface area contributed by atoms with Crippen LogP contribution in [0.5, 0.6) is 0 Å². The Balaban J connectivity index is 1.99. The first-order chi connectivity index (χ1) is 13.0. The standard InChI is InChI=1S/C17H18N4O3S3/c1-4-21-15(23)12-10(11-6-5-7-25-11)8-26-14(12)20-17(21)27-9(2)13(22)19-16(24)18-3/h5-9H,4H2,1-3H3,(H2,18,19,22,24). The third-order valence-corrected chi connectivity index (χ3v) is 6.74. The van der Waals surface area contributed by atoms with Gasteiger partial charge in [-0.2, -0.15) is 0 Å². The number of aromatic nitrogens is 2. The van der Waals surface area contributed by atoms with Crippen molar-refractivity contribution in [2.75, 3.05) is 7.05 Å². The number of nitrogens with zero attached hydrogens (tertiary/aromatic N) is 2. The number of hydrogen-bond donors (Lipinski definition) is 2. The van der Waals surface area contributed by atoms with Crippen molar-refractivity contribution in [1.29, 1.82) is 0 Å². The molecule has 1 atom stereocenters. The second-order valence-electron chi connectivity index (χ2n) is 5.58. The average molecular weight is 423 g/mol. The Morgan fingerprint density at radius 3 is 2.78 bits per heavy atom.